The molecule has 0 spiro atoms. The third-order valence-corrected chi connectivity index (χ3v) is 2.35. The molecule has 1 rings (SSSR count). The summed E-state index contributed by atoms with van der Waals surface area (Å²) in [6.45, 7) is 5.82. The van der Waals surface area contributed by atoms with Crippen LogP contribution in [-0.4, -0.2) is 18.8 Å². The minimum atomic E-state index is -0.203. The van der Waals surface area contributed by atoms with Gasteiger partial charge in [-0.1, -0.05) is 0 Å². The van der Waals surface area contributed by atoms with Gasteiger partial charge in [0.2, 0.25) is 0 Å². The minimum absolute atomic E-state index is 0.203. The number of nitrogens with two attached hydrogens (primary N) is 1. The average Bonchev–Trinajstić information content (AvgIpc) is 2.06. The van der Waals surface area contributed by atoms with Crippen LogP contribution in [0.15, 0.2) is 0 Å². The van der Waals surface area contributed by atoms with E-state index in [0.29, 0.717) is 5.92 Å². The quantitative estimate of drug-likeness (QED) is 0.657. The van der Waals surface area contributed by atoms with Gasteiger partial charge in [0.25, 0.3) is 0 Å². The maximum Gasteiger partial charge on any atom is 0.0841 e. The first kappa shape index (κ1) is 9.96. The Labute approximate surface area is 74.2 Å². The summed E-state index contributed by atoms with van der Waals surface area (Å²) in [5, 5.41) is 0. The topological polar surface area (TPSA) is 44.5 Å². The van der Waals surface area contributed by atoms with E-state index in [1.807, 2.05) is 13.8 Å². The van der Waals surface area contributed by atoms with Crippen molar-refractivity contribution in [2.75, 3.05) is 13.2 Å². The van der Waals surface area contributed by atoms with E-state index in [2.05, 4.69) is 0 Å². The van der Waals surface area contributed by atoms with Crippen molar-refractivity contribution in [1.82, 2.24) is 0 Å². The number of rotatable bonds is 3. The van der Waals surface area contributed by atoms with Gasteiger partial charge < -0.3 is 4.74 Å². The lowest BCUT2D eigenvalue weighted by Gasteiger charge is -2.29. The van der Waals surface area contributed by atoms with E-state index in [0.717, 1.165) is 19.6 Å². The summed E-state index contributed by atoms with van der Waals surface area (Å²) in [6.07, 6.45) is 3.40. The summed E-state index contributed by atoms with van der Waals surface area (Å²) in [4.78, 5) is 4.88. The standard InChI is InChI=1S/C9H19NO2/c1-9(2,12-10)6-8-4-3-5-11-7-8/h8H,3-7,10H2,1-2H3. The summed E-state index contributed by atoms with van der Waals surface area (Å²) < 4.78 is 5.38. The van der Waals surface area contributed by atoms with Crippen molar-refractivity contribution in [2.24, 2.45) is 11.8 Å². The van der Waals surface area contributed by atoms with Crippen molar-refractivity contribution >= 4 is 0 Å². The zero-order chi connectivity index (χ0) is 9.03. The van der Waals surface area contributed by atoms with Crippen LogP contribution < -0.4 is 5.90 Å². The van der Waals surface area contributed by atoms with Gasteiger partial charge in [0, 0.05) is 13.2 Å². The summed E-state index contributed by atoms with van der Waals surface area (Å²) in [6, 6.07) is 0. The van der Waals surface area contributed by atoms with Gasteiger partial charge in [-0.3, -0.25) is 4.84 Å². The van der Waals surface area contributed by atoms with Crippen molar-refractivity contribution in [1.29, 1.82) is 0 Å². The zero-order valence-electron chi connectivity index (χ0n) is 8.01. The zero-order valence-corrected chi connectivity index (χ0v) is 8.01. The average molecular weight is 173 g/mol. The molecular formula is C9H19NO2. The fourth-order valence-corrected chi connectivity index (χ4v) is 1.71. The summed E-state index contributed by atoms with van der Waals surface area (Å²) >= 11 is 0. The molecule has 0 aromatic rings. The van der Waals surface area contributed by atoms with Gasteiger partial charge >= 0.3 is 0 Å². The highest BCUT2D eigenvalue weighted by atomic mass is 16.6. The van der Waals surface area contributed by atoms with Gasteiger partial charge in [-0.25, -0.2) is 5.90 Å². The first-order chi connectivity index (χ1) is 5.64. The molecule has 0 saturated carbocycles. The van der Waals surface area contributed by atoms with Gasteiger partial charge in [0.1, 0.15) is 0 Å². The van der Waals surface area contributed by atoms with Crippen LogP contribution in [-0.2, 0) is 9.57 Å². The lowest BCUT2D eigenvalue weighted by atomic mass is 9.90. The van der Waals surface area contributed by atoms with E-state index in [1.165, 1.54) is 12.8 Å². The molecule has 1 heterocycles. The van der Waals surface area contributed by atoms with Crippen molar-refractivity contribution in [3.63, 3.8) is 0 Å². The molecule has 72 valence electrons. The molecule has 0 aromatic heterocycles. The highest BCUT2D eigenvalue weighted by molar-refractivity contribution is 4.74. The molecule has 0 amide bonds. The largest absolute Gasteiger partial charge is 0.381 e. The molecule has 0 aliphatic carbocycles. The lowest BCUT2D eigenvalue weighted by Crippen LogP contribution is -2.33. The molecule has 0 radical (unpaired) electrons. The number of ether oxygens (including phenoxy) is 1. The summed E-state index contributed by atoms with van der Waals surface area (Å²) in [5.41, 5.74) is -0.203. The van der Waals surface area contributed by atoms with Gasteiger partial charge in [-0.05, 0) is 39.0 Å². The predicted molar refractivity (Wildman–Crippen MR) is 47.5 cm³/mol. The van der Waals surface area contributed by atoms with Crippen LogP contribution in [0.3, 0.4) is 0 Å². The Morgan fingerprint density at radius 2 is 2.33 bits per heavy atom. The molecule has 1 atom stereocenters. The van der Waals surface area contributed by atoms with E-state index >= 15 is 0 Å². The number of hydrogen-bond donors (Lipinski definition) is 1. The Kier molecular flexibility index (Phi) is 3.50. The third kappa shape index (κ3) is 3.09. The van der Waals surface area contributed by atoms with Crippen LogP contribution >= 0.6 is 0 Å². The Bertz CT molecular complexity index is 130. The van der Waals surface area contributed by atoms with Crippen LogP contribution in [0.4, 0.5) is 0 Å². The second kappa shape index (κ2) is 4.21. The lowest BCUT2D eigenvalue weighted by molar-refractivity contribution is -0.0548. The van der Waals surface area contributed by atoms with E-state index in [4.69, 9.17) is 15.5 Å². The normalized spacial score (nSPS) is 25.8. The first-order valence-electron chi connectivity index (χ1n) is 4.60. The molecule has 3 heteroatoms. The number of hydrogen-bond acceptors (Lipinski definition) is 3. The molecule has 1 saturated heterocycles. The predicted octanol–water partition coefficient (Wildman–Crippen LogP) is 1.47. The molecule has 1 aliphatic heterocycles. The highest BCUT2D eigenvalue weighted by Gasteiger charge is 2.25. The monoisotopic (exact) mass is 173 g/mol. The van der Waals surface area contributed by atoms with Crippen LogP contribution in [0, 0.1) is 5.92 Å². The van der Waals surface area contributed by atoms with E-state index in [9.17, 15) is 0 Å². The fraction of sp³-hybridized carbons (Fsp3) is 1.00. The summed E-state index contributed by atoms with van der Waals surface area (Å²) in [7, 11) is 0. The van der Waals surface area contributed by atoms with E-state index in [-0.39, 0.29) is 5.60 Å². The molecule has 3 nitrogen and oxygen atoms in total. The van der Waals surface area contributed by atoms with E-state index < -0.39 is 0 Å². The third-order valence-electron chi connectivity index (χ3n) is 2.35. The molecular weight excluding hydrogens is 154 g/mol. The first-order valence-corrected chi connectivity index (χ1v) is 4.60. The van der Waals surface area contributed by atoms with Crippen LogP contribution in [0.25, 0.3) is 0 Å². The molecule has 12 heavy (non-hydrogen) atoms. The molecule has 0 bridgehead atoms. The van der Waals surface area contributed by atoms with E-state index in [1.54, 1.807) is 0 Å². The molecule has 1 unspecified atom stereocenters. The van der Waals surface area contributed by atoms with Crippen molar-refractivity contribution in [2.45, 2.75) is 38.7 Å². The molecule has 1 aliphatic rings. The second-order valence-corrected chi connectivity index (χ2v) is 4.16. The van der Waals surface area contributed by atoms with Crippen molar-refractivity contribution < 1.29 is 9.57 Å². The Hall–Kier alpha value is -0.120. The van der Waals surface area contributed by atoms with Crippen molar-refractivity contribution in [3.05, 3.63) is 0 Å². The minimum Gasteiger partial charge on any atom is -0.381 e. The van der Waals surface area contributed by atoms with Gasteiger partial charge in [0.15, 0.2) is 0 Å². The van der Waals surface area contributed by atoms with Crippen LogP contribution in [0.5, 0.6) is 0 Å². The Morgan fingerprint density at radius 1 is 1.58 bits per heavy atom. The Balaban J connectivity index is 2.28. The second-order valence-electron chi connectivity index (χ2n) is 4.16. The van der Waals surface area contributed by atoms with Gasteiger partial charge in [0.05, 0.1) is 5.60 Å². The Morgan fingerprint density at radius 3 is 2.83 bits per heavy atom. The van der Waals surface area contributed by atoms with Crippen molar-refractivity contribution in [3.8, 4) is 0 Å². The SMILES string of the molecule is CC(C)(CC1CCCOC1)ON. The molecule has 2 N–H and O–H groups in total. The maximum absolute atomic E-state index is 5.38. The van der Waals surface area contributed by atoms with Crippen LogP contribution in [0.2, 0.25) is 0 Å². The molecule has 1 fully saturated rings. The molecule has 0 aromatic carbocycles. The maximum atomic E-state index is 5.38. The fourth-order valence-electron chi connectivity index (χ4n) is 1.71. The van der Waals surface area contributed by atoms with Gasteiger partial charge in [-0.2, -0.15) is 0 Å². The van der Waals surface area contributed by atoms with Gasteiger partial charge in [-0.15, -0.1) is 0 Å². The summed E-state index contributed by atoms with van der Waals surface area (Å²) in [5.74, 6) is 5.81. The smallest absolute Gasteiger partial charge is 0.0841 e. The highest BCUT2D eigenvalue weighted by Crippen LogP contribution is 2.25. The van der Waals surface area contributed by atoms with Crippen LogP contribution in [0.1, 0.15) is 33.1 Å².